The molecular weight excluding hydrogens is 395 g/mol. The number of aliphatic carboxylic acids is 1. The lowest BCUT2D eigenvalue weighted by Crippen LogP contribution is -2.49. The minimum Gasteiger partial charge on any atom is -0.475 e. The number of aliphatic hydroxyl groups excluding tert-OH is 1. The smallest absolute Gasteiger partial charge is 0.475 e. The van der Waals surface area contributed by atoms with E-state index in [4.69, 9.17) is 15.0 Å². The van der Waals surface area contributed by atoms with Gasteiger partial charge in [0.15, 0.2) is 5.16 Å². The van der Waals surface area contributed by atoms with Gasteiger partial charge >= 0.3 is 12.1 Å². The Balaban J connectivity index is 0.000000279. The fourth-order valence-corrected chi connectivity index (χ4v) is 6.35. The van der Waals surface area contributed by atoms with E-state index < -0.39 is 12.1 Å². The average Bonchev–Trinajstić information content (AvgIpc) is 2.95. The summed E-state index contributed by atoms with van der Waals surface area (Å²) in [4.78, 5) is 8.90. The van der Waals surface area contributed by atoms with Crippen LogP contribution < -0.4 is 0 Å². The number of nitrogens with zero attached hydrogens (tertiary/aromatic N) is 3. The van der Waals surface area contributed by atoms with E-state index in [1.54, 1.807) is 11.8 Å². The zero-order chi connectivity index (χ0) is 20.5. The summed E-state index contributed by atoms with van der Waals surface area (Å²) in [5.41, 5.74) is 0.326. The third-order valence-corrected chi connectivity index (χ3v) is 7.23. The van der Waals surface area contributed by atoms with Gasteiger partial charge < -0.3 is 14.8 Å². The highest BCUT2D eigenvalue weighted by Crippen LogP contribution is 2.60. The van der Waals surface area contributed by atoms with Crippen LogP contribution in [0.3, 0.4) is 0 Å². The minimum atomic E-state index is -5.08. The highest BCUT2D eigenvalue weighted by Gasteiger charge is 2.53. The van der Waals surface area contributed by atoms with Crippen molar-refractivity contribution < 1.29 is 28.2 Å². The topological polar surface area (TPSA) is 88.2 Å². The first-order chi connectivity index (χ1) is 13.1. The van der Waals surface area contributed by atoms with Crippen LogP contribution in [0.5, 0.6) is 0 Å². The van der Waals surface area contributed by atoms with Gasteiger partial charge in [0.05, 0.1) is 0 Å². The van der Waals surface area contributed by atoms with Gasteiger partial charge in [-0.2, -0.15) is 13.2 Å². The highest BCUT2D eigenvalue weighted by molar-refractivity contribution is 7.99. The zero-order valence-electron chi connectivity index (χ0n) is 15.8. The average molecular weight is 421 g/mol. The van der Waals surface area contributed by atoms with Crippen LogP contribution in [0, 0.1) is 17.8 Å². The molecular formula is C18H26F3N3O3S. The van der Waals surface area contributed by atoms with Crippen LogP contribution in [0.4, 0.5) is 13.2 Å². The Morgan fingerprint density at radius 1 is 1.18 bits per heavy atom. The first-order valence-corrected chi connectivity index (χ1v) is 10.6. The molecule has 0 spiro atoms. The molecule has 0 aliphatic heterocycles. The molecule has 4 fully saturated rings. The quantitative estimate of drug-likeness (QED) is 0.560. The van der Waals surface area contributed by atoms with Crippen molar-refractivity contribution in [2.75, 3.05) is 12.4 Å². The second kappa shape index (κ2) is 8.22. The number of aliphatic hydroxyl groups is 1. The summed E-state index contributed by atoms with van der Waals surface area (Å²) in [5, 5.41) is 26.1. The van der Waals surface area contributed by atoms with Gasteiger partial charge in [-0.1, -0.05) is 11.8 Å². The summed E-state index contributed by atoms with van der Waals surface area (Å²) in [6.07, 6.45) is 4.16. The molecule has 0 atom stereocenters. The normalized spacial score (nSPS) is 30.8. The maximum absolute atomic E-state index is 10.6. The van der Waals surface area contributed by atoms with Gasteiger partial charge in [0, 0.05) is 24.8 Å². The molecule has 5 rings (SSSR count). The number of carbonyl (C=O) groups is 1. The molecule has 10 heteroatoms. The van der Waals surface area contributed by atoms with Crippen LogP contribution in [0.2, 0.25) is 0 Å². The van der Waals surface area contributed by atoms with Gasteiger partial charge in [-0.15, -0.1) is 10.2 Å². The molecule has 0 unspecified atom stereocenters. The monoisotopic (exact) mass is 421 g/mol. The molecule has 2 N–H and O–H groups in total. The molecule has 4 aliphatic carbocycles. The van der Waals surface area contributed by atoms with E-state index in [0.29, 0.717) is 5.41 Å². The van der Waals surface area contributed by atoms with Crippen LogP contribution in [-0.2, 0) is 17.3 Å². The van der Waals surface area contributed by atoms with Crippen LogP contribution in [0.15, 0.2) is 5.16 Å². The number of alkyl halides is 3. The predicted octanol–water partition coefficient (Wildman–Crippen LogP) is 3.39. The summed E-state index contributed by atoms with van der Waals surface area (Å²) in [6.45, 7) is 0.257. The van der Waals surface area contributed by atoms with Gasteiger partial charge in [0.2, 0.25) is 0 Å². The second-order valence-electron chi connectivity index (χ2n) is 8.29. The fourth-order valence-electron chi connectivity index (χ4n) is 5.51. The number of aromatic nitrogens is 3. The fraction of sp³-hybridized carbons (Fsp3) is 0.833. The van der Waals surface area contributed by atoms with Crippen molar-refractivity contribution in [2.24, 2.45) is 24.8 Å². The van der Waals surface area contributed by atoms with E-state index in [2.05, 4.69) is 21.8 Å². The van der Waals surface area contributed by atoms with Crippen molar-refractivity contribution in [3.63, 3.8) is 0 Å². The van der Waals surface area contributed by atoms with Gasteiger partial charge in [0.1, 0.15) is 5.82 Å². The number of rotatable bonds is 5. The molecule has 0 radical (unpaired) electrons. The Morgan fingerprint density at radius 3 is 2.11 bits per heavy atom. The number of thioether (sulfide) groups is 1. The molecule has 0 saturated heterocycles. The Bertz CT molecular complexity index is 673. The Morgan fingerprint density at radius 2 is 1.68 bits per heavy atom. The van der Waals surface area contributed by atoms with Crippen molar-refractivity contribution in [3.05, 3.63) is 5.82 Å². The van der Waals surface area contributed by atoms with Gasteiger partial charge in [-0.3, -0.25) is 0 Å². The lowest BCUT2D eigenvalue weighted by Gasteiger charge is -2.56. The summed E-state index contributed by atoms with van der Waals surface area (Å²) in [6, 6.07) is 0. The molecule has 1 aromatic rings. The lowest BCUT2D eigenvalue weighted by atomic mass is 9.49. The van der Waals surface area contributed by atoms with Crippen molar-refractivity contribution in [1.29, 1.82) is 0 Å². The summed E-state index contributed by atoms with van der Waals surface area (Å²) < 4.78 is 34.0. The van der Waals surface area contributed by atoms with Crippen molar-refractivity contribution >= 4 is 17.7 Å². The molecule has 1 heterocycles. The molecule has 0 amide bonds. The van der Waals surface area contributed by atoms with Gasteiger partial charge in [-0.25, -0.2) is 4.79 Å². The third-order valence-electron chi connectivity index (χ3n) is 6.12. The molecule has 4 saturated carbocycles. The highest BCUT2D eigenvalue weighted by atomic mass is 32.2. The number of hydrogen-bond donors (Lipinski definition) is 2. The van der Waals surface area contributed by atoms with E-state index in [-0.39, 0.29) is 6.61 Å². The van der Waals surface area contributed by atoms with Crippen LogP contribution >= 0.6 is 11.8 Å². The molecule has 6 nitrogen and oxygen atoms in total. The Kier molecular flexibility index (Phi) is 6.29. The first-order valence-electron chi connectivity index (χ1n) is 9.58. The predicted molar refractivity (Wildman–Crippen MR) is 97.0 cm³/mol. The molecule has 158 valence electrons. The van der Waals surface area contributed by atoms with Crippen molar-refractivity contribution in [1.82, 2.24) is 14.8 Å². The summed E-state index contributed by atoms with van der Waals surface area (Å²) >= 11 is 1.73. The van der Waals surface area contributed by atoms with E-state index in [1.807, 2.05) is 0 Å². The number of carboxylic acid groups (broad SMARTS) is 1. The number of hydrogen-bond acceptors (Lipinski definition) is 5. The number of halogens is 3. The van der Waals surface area contributed by atoms with E-state index in [1.165, 1.54) is 44.3 Å². The van der Waals surface area contributed by atoms with E-state index in [0.717, 1.165) is 35.1 Å². The summed E-state index contributed by atoms with van der Waals surface area (Å²) in [7, 11) is 2.13. The maximum atomic E-state index is 10.6. The van der Waals surface area contributed by atoms with E-state index >= 15 is 0 Å². The lowest BCUT2D eigenvalue weighted by molar-refractivity contribution is -0.192. The van der Waals surface area contributed by atoms with Gasteiger partial charge in [-0.05, 0) is 62.7 Å². The second-order valence-corrected chi connectivity index (χ2v) is 9.35. The molecule has 28 heavy (non-hydrogen) atoms. The van der Waals surface area contributed by atoms with Crippen LogP contribution in [0.25, 0.3) is 0 Å². The number of carboxylic acids is 1. The SMILES string of the molecule is Cn1c(SCCCO)nnc1C12CC3CC(CC(C3)C1)C2.O=C(O)C(F)(F)F. The third kappa shape index (κ3) is 4.48. The minimum absolute atomic E-state index is 0.257. The van der Waals surface area contributed by atoms with Crippen molar-refractivity contribution in [3.8, 4) is 0 Å². The standard InChI is InChI=1S/C16H25N3OS.C2HF3O2/c1-19-14(17-18-15(19)21-4-2-3-20)16-8-11-5-12(9-16)7-13(6-11)10-16;3-2(4,5)1(6)7/h11-13,20H,2-10H2,1H3;(H,6,7). The molecule has 4 bridgehead atoms. The van der Waals surface area contributed by atoms with Crippen molar-refractivity contribution in [2.45, 2.75) is 61.7 Å². The Hall–Kier alpha value is -1.29. The first kappa shape index (κ1) is 21.4. The summed E-state index contributed by atoms with van der Waals surface area (Å²) in [5.74, 6) is 2.24. The molecule has 1 aromatic heterocycles. The largest absolute Gasteiger partial charge is 0.490 e. The zero-order valence-corrected chi connectivity index (χ0v) is 16.6. The molecule has 4 aliphatic rings. The van der Waals surface area contributed by atoms with Gasteiger partial charge in [0.25, 0.3) is 0 Å². The van der Waals surface area contributed by atoms with Crippen LogP contribution in [-0.4, -0.2) is 49.5 Å². The maximum Gasteiger partial charge on any atom is 0.490 e. The molecule has 0 aromatic carbocycles. The Labute approximate surface area is 165 Å². The van der Waals surface area contributed by atoms with Crippen LogP contribution in [0.1, 0.15) is 50.8 Å². The van der Waals surface area contributed by atoms with E-state index in [9.17, 15) is 13.2 Å².